The molecule has 216 valence electrons. The van der Waals surface area contributed by atoms with E-state index in [1.807, 2.05) is 33.8 Å². The molecule has 0 bridgehead atoms. The van der Waals surface area contributed by atoms with Crippen LogP contribution in [-0.2, 0) is 24.3 Å². The number of pyridine rings is 1. The van der Waals surface area contributed by atoms with Gasteiger partial charge in [-0.05, 0) is 25.0 Å². The molecule has 2 aliphatic rings. The lowest BCUT2D eigenvalue weighted by Gasteiger charge is -2.33. The Kier molecular flexibility index (Phi) is 7.71. The van der Waals surface area contributed by atoms with Gasteiger partial charge < -0.3 is 24.6 Å². The summed E-state index contributed by atoms with van der Waals surface area (Å²) < 4.78 is 9.92. The number of carbonyl (C=O) groups excluding carboxylic acids is 1. The molecular formula is C29H34BrN7O4. The maximum atomic E-state index is 12.7. The Bertz CT molecular complexity index is 1620. The number of methoxy groups -OCH3 is 1. The van der Waals surface area contributed by atoms with Crippen molar-refractivity contribution < 1.29 is 14.6 Å². The molecule has 3 aromatic heterocycles. The van der Waals surface area contributed by atoms with Crippen LogP contribution in [0.2, 0.25) is 0 Å². The SMILES string of the molecule is COc1cnc2c(c1)[nH]c(=O)n2C1CCN(CC(O)Cn2nc(-c3ccc(Br)cc3)c3c2CCN(C(C)=O)C3)CC1. The van der Waals surface area contributed by atoms with Crippen LogP contribution in [0, 0.1) is 0 Å². The van der Waals surface area contributed by atoms with Crippen LogP contribution in [0.25, 0.3) is 22.4 Å². The summed E-state index contributed by atoms with van der Waals surface area (Å²) in [7, 11) is 1.58. The molecule has 5 heterocycles. The monoisotopic (exact) mass is 623 g/mol. The first kappa shape index (κ1) is 27.7. The third kappa shape index (κ3) is 5.55. The molecule has 0 radical (unpaired) electrons. The van der Waals surface area contributed by atoms with Crippen LogP contribution in [0.5, 0.6) is 5.75 Å². The van der Waals surface area contributed by atoms with E-state index in [9.17, 15) is 14.7 Å². The molecule has 4 aromatic rings. The summed E-state index contributed by atoms with van der Waals surface area (Å²) in [5.41, 5.74) is 5.14. The van der Waals surface area contributed by atoms with Crippen LogP contribution in [-0.4, -0.2) is 84.5 Å². The predicted molar refractivity (Wildman–Crippen MR) is 158 cm³/mol. The van der Waals surface area contributed by atoms with E-state index in [0.717, 1.165) is 52.9 Å². The number of benzene rings is 1. The molecule has 0 spiro atoms. The third-order valence-corrected chi connectivity index (χ3v) is 8.77. The minimum Gasteiger partial charge on any atom is -0.495 e. The van der Waals surface area contributed by atoms with E-state index in [2.05, 4.69) is 30.8 Å². The van der Waals surface area contributed by atoms with E-state index in [1.54, 1.807) is 30.9 Å². The Morgan fingerprint density at radius 2 is 1.95 bits per heavy atom. The Morgan fingerprint density at radius 3 is 2.66 bits per heavy atom. The van der Waals surface area contributed by atoms with Gasteiger partial charge in [0, 0.05) is 79.5 Å². The summed E-state index contributed by atoms with van der Waals surface area (Å²) in [6.07, 6.45) is 3.31. The van der Waals surface area contributed by atoms with E-state index in [1.165, 1.54) is 0 Å². The third-order valence-electron chi connectivity index (χ3n) is 8.24. The van der Waals surface area contributed by atoms with E-state index in [-0.39, 0.29) is 17.6 Å². The standard InChI is InChI=1S/C29H34BrN7O4/c1-18(38)35-12-9-26-24(17-35)27(19-3-5-20(30)6-4-19)33-36(26)16-22(39)15-34-10-7-21(8-11-34)37-28-25(32-29(37)40)13-23(41-2)14-31-28/h3-6,13-14,21-22,39H,7-12,15-17H2,1-2H3,(H,32,40). The highest BCUT2D eigenvalue weighted by Gasteiger charge is 2.29. The molecule has 1 unspecified atom stereocenters. The molecule has 0 saturated carbocycles. The van der Waals surface area contributed by atoms with Gasteiger partial charge in [0.15, 0.2) is 5.65 Å². The summed E-state index contributed by atoms with van der Waals surface area (Å²) >= 11 is 3.50. The number of nitrogens with zero attached hydrogens (tertiary/aromatic N) is 6. The maximum absolute atomic E-state index is 12.7. The number of ether oxygens (including phenoxy) is 1. The van der Waals surface area contributed by atoms with Gasteiger partial charge in [0.2, 0.25) is 5.91 Å². The fourth-order valence-corrected chi connectivity index (χ4v) is 6.37. The minimum absolute atomic E-state index is 0.0429. The molecule has 41 heavy (non-hydrogen) atoms. The lowest BCUT2D eigenvalue weighted by Crippen LogP contribution is -2.42. The van der Waals surface area contributed by atoms with Gasteiger partial charge in [0.1, 0.15) is 5.75 Å². The molecule has 11 nitrogen and oxygen atoms in total. The number of aliphatic hydroxyl groups excluding tert-OH is 1. The van der Waals surface area contributed by atoms with Crippen molar-refractivity contribution in [3.63, 3.8) is 0 Å². The zero-order valence-corrected chi connectivity index (χ0v) is 24.8. The fourth-order valence-electron chi connectivity index (χ4n) is 6.11. The second kappa shape index (κ2) is 11.4. The minimum atomic E-state index is -0.607. The number of imidazole rings is 1. The summed E-state index contributed by atoms with van der Waals surface area (Å²) in [5.74, 6) is 0.660. The highest BCUT2D eigenvalue weighted by Crippen LogP contribution is 2.31. The highest BCUT2D eigenvalue weighted by atomic mass is 79.9. The number of β-amino-alcohol motifs (C(OH)–C–C–N with tert-alkyl or cyclic N) is 1. The Balaban J connectivity index is 1.14. The molecule has 1 saturated heterocycles. The van der Waals surface area contributed by atoms with Crippen LogP contribution in [0.15, 0.2) is 45.8 Å². The topological polar surface area (TPSA) is 122 Å². The zero-order chi connectivity index (χ0) is 28.7. The molecule has 12 heteroatoms. The first-order valence-electron chi connectivity index (χ1n) is 14.0. The van der Waals surface area contributed by atoms with E-state index < -0.39 is 6.10 Å². The Hall–Kier alpha value is -3.48. The van der Waals surface area contributed by atoms with Gasteiger partial charge in [0.05, 0.1) is 37.2 Å². The molecule has 2 aliphatic heterocycles. The van der Waals surface area contributed by atoms with Gasteiger partial charge in [-0.2, -0.15) is 5.10 Å². The lowest BCUT2D eigenvalue weighted by molar-refractivity contribution is -0.129. The Labute approximate surface area is 245 Å². The quantitative estimate of drug-likeness (QED) is 0.325. The number of carbonyl (C=O) groups is 1. The molecule has 2 N–H and O–H groups in total. The van der Waals surface area contributed by atoms with Gasteiger partial charge in [-0.3, -0.25) is 14.0 Å². The highest BCUT2D eigenvalue weighted by molar-refractivity contribution is 9.10. The van der Waals surface area contributed by atoms with Gasteiger partial charge >= 0.3 is 5.69 Å². The van der Waals surface area contributed by atoms with Gasteiger partial charge in [-0.25, -0.2) is 9.78 Å². The van der Waals surface area contributed by atoms with E-state index in [0.29, 0.717) is 49.5 Å². The van der Waals surface area contributed by atoms with Crippen molar-refractivity contribution in [2.75, 3.05) is 33.3 Å². The summed E-state index contributed by atoms with van der Waals surface area (Å²) in [4.78, 5) is 36.3. The number of fused-ring (bicyclic) bond motifs is 2. The van der Waals surface area contributed by atoms with Crippen LogP contribution in [0.1, 0.15) is 37.1 Å². The van der Waals surface area contributed by atoms with E-state index in [4.69, 9.17) is 9.84 Å². The normalized spacial score (nSPS) is 17.1. The predicted octanol–water partition coefficient (Wildman–Crippen LogP) is 2.96. The van der Waals surface area contributed by atoms with Crippen molar-refractivity contribution in [3.05, 3.63) is 62.7 Å². The first-order chi connectivity index (χ1) is 19.8. The molecule has 1 fully saturated rings. The van der Waals surface area contributed by atoms with Crippen LogP contribution >= 0.6 is 15.9 Å². The largest absolute Gasteiger partial charge is 0.495 e. The van der Waals surface area contributed by atoms with Crippen molar-refractivity contribution in [2.45, 2.75) is 51.4 Å². The number of aliphatic hydroxyl groups is 1. The number of aromatic nitrogens is 5. The fraction of sp³-hybridized carbons (Fsp3) is 0.448. The summed E-state index contributed by atoms with van der Waals surface area (Å²) in [6, 6.07) is 9.86. The van der Waals surface area contributed by atoms with Crippen molar-refractivity contribution in [2.24, 2.45) is 0 Å². The van der Waals surface area contributed by atoms with Crippen molar-refractivity contribution >= 4 is 33.0 Å². The number of piperidine rings is 1. The number of halogens is 1. The lowest BCUT2D eigenvalue weighted by atomic mass is 10.0. The number of nitrogens with one attached hydrogen (secondary N) is 1. The van der Waals surface area contributed by atoms with Gasteiger partial charge in [-0.1, -0.05) is 28.1 Å². The van der Waals surface area contributed by atoms with Crippen LogP contribution < -0.4 is 10.4 Å². The number of aromatic amines is 1. The maximum Gasteiger partial charge on any atom is 0.327 e. The summed E-state index contributed by atoms with van der Waals surface area (Å²) in [5, 5.41) is 16.1. The van der Waals surface area contributed by atoms with Gasteiger partial charge in [0.25, 0.3) is 0 Å². The average Bonchev–Trinajstić information content (AvgIpc) is 3.49. The molecule has 6 rings (SSSR count). The number of H-pyrrole nitrogens is 1. The van der Waals surface area contributed by atoms with E-state index >= 15 is 0 Å². The number of amides is 1. The zero-order valence-electron chi connectivity index (χ0n) is 23.2. The van der Waals surface area contributed by atoms with Crippen molar-refractivity contribution in [1.29, 1.82) is 0 Å². The molecular weight excluding hydrogens is 590 g/mol. The number of hydrogen-bond acceptors (Lipinski definition) is 7. The summed E-state index contributed by atoms with van der Waals surface area (Å²) in [6.45, 7) is 5.21. The second-order valence-corrected chi connectivity index (χ2v) is 11.8. The molecule has 1 atom stereocenters. The van der Waals surface area contributed by atoms with Crippen molar-refractivity contribution in [3.8, 4) is 17.0 Å². The first-order valence-corrected chi connectivity index (χ1v) is 14.7. The van der Waals surface area contributed by atoms with Crippen LogP contribution in [0.4, 0.5) is 0 Å². The second-order valence-electron chi connectivity index (χ2n) is 10.9. The van der Waals surface area contributed by atoms with Crippen LogP contribution in [0.3, 0.4) is 0 Å². The Morgan fingerprint density at radius 1 is 1.20 bits per heavy atom. The molecule has 1 aromatic carbocycles. The number of rotatable bonds is 7. The average molecular weight is 625 g/mol. The molecule has 0 aliphatic carbocycles. The van der Waals surface area contributed by atoms with Gasteiger partial charge in [-0.15, -0.1) is 0 Å². The van der Waals surface area contributed by atoms with Crippen molar-refractivity contribution in [1.82, 2.24) is 34.1 Å². The number of hydrogen-bond donors (Lipinski definition) is 2. The molecule has 1 amide bonds. The number of likely N-dealkylation sites (tertiary alicyclic amines) is 1. The smallest absolute Gasteiger partial charge is 0.327 e.